The lowest BCUT2D eigenvalue weighted by atomic mass is 9.99. The van der Waals surface area contributed by atoms with Crippen LogP contribution in [0.15, 0.2) is 21.9 Å². The summed E-state index contributed by atoms with van der Waals surface area (Å²) in [7, 11) is -4.74. The smallest absolute Gasteiger partial charge is 0.396 e. The van der Waals surface area contributed by atoms with Crippen LogP contribution < -0.4 is 11.2 Å². The second-order valence-electron chi connectivity index (χ2n) is 4.71. The molecule has 0 bridgehead atoms. The number of aliphatic hydroxyl groups is 2. The second kappa shape index (κ2) is 6.42. The van der Waals surface area contributed by atoms with E-state index in [9.17, 15) is 24.4 Å². The van der Waals surface area contributed by atoms with Gasteiger partial charge in [0.15, 0.2) is 6.23 Å². The molecule has 0 aliphatic carbocycles. The van der Waals surface area contributed by atoms with Crippen molar-refractivity contribution in [3.8, 4) is 0 Å². The van der Waals surface area contributed by atoms with Crippen LogP contribution in [-0.4, -0.2) is 55.0 Å². The topological polar surface area (TPSA) is 171 Å². The molecule has 1 saturated heterocycles. The van der Waals surface area contributed by atoms with E-state index in [0.717, 1.165) is 16.8 Å². The van der Waals surface area contributed by atoms with E-state index in [4.69, 9.17) is 14.5 Å². The number of hydrogen-bond donors (Lipinski definition) is 5. The Labute approximate surface area is 123 Å². The van der Waals surface area contributed by atoms with E-state index in [1.807, 2.05) is 4.98 Å². The van der Waals surface area contributed by atoms with Crippen LogP contribution in [0.4, 0.5) is 0 Å². The third-order valence-electron chi connectivity index (χ3n) is 3.27. The molecule has 1 aromatic rings. The van der Waals surface area contributed by atoms with Gasteiger partial charge in [-0.15, -0.1) is 0 Å². The summed E-state index contributed by atoms with van der Waals surface area (Å²) in [6, 6.07) is 1.05. The highest BCUT2D eigenvalue weighted by Gasteiger charge is 2.45. The van der Waals surface area contributed by atoms with Crippen LogP contribution in [0.3, 0.4) is 0 Å². The first-order valence-corrected chi connectivity index (χ1v) is 7.72. The number of nitrogens with one attached hydrogen (secondary N) is 1. The monoisotopic (exact) mass is 338 g/mol. The molecule has 11 nitrogen and oxygen atoms in total. The first-order chi connectivity index (χ1) is 10.2. The standard InChI is InChI=1S/C10H15N2O9P/c13-3-5-6(4-20-22(17,18)19)21-9(8(5)15)12-2-1-7(14)11-10(12)16/h1-2,5-6,8-9,13,15H,3-4H2,(H,11,14,16)(H2,17,18,19)/t5-,6-,8-,9-/m1/s1. The van der Waals surface area contributed by atoms with Crippen molar-refractivity contribution in [1.82, 2.24) is 9.55 Å². The Kier molecular flexibility index (Phi) is 4.97. The van der Waals surface area contributed by atoms with Gasteiger partial charge in [-0.2, -0.15) is 0 Å². The molecule has 0 radical (unpaired) electrons. The Morgan fingerprint density at radius 3 is 2.64 bits per heavy atom. The van der Waals surface area contributed by atoms with Crippen molar-refractivity contribution >= 4 is 7.82 Å². The van der Waals surface area contributed by atoms with Gasteiger partial charge in [0.2, 0.25) is 0 Å². The van der Waals surface area contributed by atoms with E-state index in [-0.39, 0.29) is 0 Å². The van der Waals surface area contributed by atoms with E-state index >= 15 is 0 Å². The molecule has 124 valence electrons. The van der Waals surface area contributed by atoms with Crippen molar-refractivity contribution in [2.45, 2.75) is 18.4 Å². The summed E-state index contributed by atoms with van der Waals surface area (Å²) in [5, 5.41) is 19.4. The van der Waals surface area contributed by atoms with E-state index in [2.05, 4.69) is 4.52 Å². The molecule has 4 atom stereocenters. The van der Waals surface area contributed by atoms with Gasteiger partial charge in [0.1, 0.15) is 6.10 Å². The molecule has 1 aromatic heterocycles. The molecule has 1 fully saturated rings. The van der Waals surface area contributed by atoms with Crippen molar-refractivity contribution in [2.24, 2.45) is 5.92 Å². The minimum Gasteiger partial charge on any atom is -0.396 e. The van der Waals surface area contributed by atoms with Crippen molar-refractivity contribution in [1.29, 1.82) is 0 Å². The molecule has 22 heavy (non-hydrogen) atoms. The fourth-order valence-corrected chi connectivity index (χ4v) is 2.55. The molecule has 2 rings (SSSR count). The van der Waals surface area contributed by atoms with Crippen molar-refractivity contribution in [3.63, 3.8) is 0 Å². The fraction of sp³-hybridized carbons (Fsp3) is 0.600. The molecule has 0 unspecified atom stereocenters. The lowest BCUT2D eigenvalue weighted by Gasteiger charge is -2.17. The lowest BCUT2D eigenvalue weighted by molar-refractivity contribution is -0.0532. The highest BCUT2D eigenvalue weighted by molar-refractivity contribution is 7.46. The van der Waals surface area contributed by atoms with Gasteiger partial charge in [-0.3, -0.25) is 18.9 Å². The number of hydrogen-bond acceptors (Lipinski definition) is 7. The molecule has 0 aromatic carbocycles. The largest absolute Gasteiger partial charge is 0.469 e. The van der Waals surface area contributed by atoms with Crippen molar-refractivity contribution in [2.75, 3.05) is 13.2 Å². The zero-order valence-electron chi connectivity index (χ0n) is 11.1. The predicted molar refractivity (Wildman–Crippen MR) is 69.8 cm³/mol. The normalized spacial score (nSPS) is 28.9. The minimum absolute atomic E-state index is 0.551. The summed E-state index contributed by atoms with van der Waals surface area (Å²) in [5.41, 5.74) is -1.46. The number of phosphoric ester groups is 1. The van der Waals surface area contributed by atoms with Crippen molar-refractivity contribution < 1.29 is 33.8 Å². The van der Waals surface area contributed by atoms with Crippen LogP contribution in [0.5, 0.6) is 0 Å². The number of H-pyrrole nitrogens is 1. The SMILES string of the molecule is O=c1ccn([C@@H]2O[C@H](COP(=O)(O)O)[C@@H](CO)[C@H]2O)c(=O)[nH]1. The van der Waals surface area contributed by atoms with E-state index in [1.165, 1.54) is 0 Å². The lowest BCUT2D eigenvalue weighted by Crippen LogP contribution is -2.36. The molecule has 12 heteroatoms. The highest BCUT2D eigenvalue weighted by atomic mass is 31.2. The van der Waals surface area contributed by atoms with Gasteiger partial charge in [-0.05, 0) is 0 Å². The second-order valence-corrected chi connectivity index (χ2v) is 5.95. The molecule has 5 N–H and O–H groups in total. The van der Waals surface area contributed by atoms with Gasteiger partial charge in [-0.25, -0.2) is 9.36 Å². The molecular weight excluding hydrogens is 323 g/mol. The molecule has 1 aliphatic heterocycles. The van der Waals surface area contributed by atoms with Crippen LogP contribution in [0.2, 0.25) is 0 Å². The Morgan fingerprint density at radius 1 is 1.41 bits per heavy atom. The summed E-state index contributed by atoms with van der Waals surface area (Å²) in [5.74, 6) is -0.921. The maximum atomic E-state index is 11.7. The maximum Gasteiger partial charge on any atom is 0.469 e. The molecule has 2 heterocycles. The Bertz CT molecular complexity index is 679. The average Bonchev–Trinajstić information content (AvgIpc) is 2.72. The highest BCUT2D eigenvalue weighted by Crippen LogP contribution is 2.39. The van der Waals surface area contributed by atoms with Crippen LogP contribution in [0, 0.1) is 5.92 Å². The van der Waals surface area contributed by atoms with Gasteiger partial charge in [-0.1, -0.05) is 0 Å². The van der Waals surface area contributed by atoms with Crippen molar-refractivity contribution in [3.05, 3.63) is 33.1 Å². The van der Waals surface area contributed by atoms with Gasteiger partial charge < -0.3 is 24.7 Å². The van der Waals surface area contributed by atoms with E-state index < -0.39 is 56.6 Å². The maximum absolute atomic E-state index is 11.7. The van der Waals surface area contributed by atoms with E-state index in [1.54, 1.807) is 0 Å². The van der Waals surface area contributed by atoms with Crippen LogP contribution in [0.1, 0.15) is 6.23 Å². The van der Waals surface area contributed by atoms with E-state index in [0.29, 0.717) is 0 Å². The number of aromatic nitrogens is 2. The number of aliphatic hydroxyl groups excluding tert-OH is 2. The Balaban J connectivity index is 2.22. The number of ether oxygens (including phenoxy) is 1. The molecule has 1 aliphatic rings. The minimum atomic E-state index is -4.74. The zero-order valence-corrected chi connectivity index (χ0v) is 12.0. The Morgan fingerprint density at radius 2 is 2.09 bits per heavy atom. The molecule has 0 amide bonds. The number of phosphoric acid groups is 1. The fourth-order valence-electron chi connectivity index (χ4n) is 2.21. The predicted octanol–water partition coefficient (Wildman–Crippen LogP) is -2.49. The number of aromatic amines is 1. The molecular formula is C10H15N2O9P. The zero-order chi connectivity index (χ0) is 16.5. The average molecular weight is 338 g/mol. The quantitative estimate of drug-likeness (QED) is 0.364. The summed E-state index contributed by atoms with van der Waals surface area (Å²) in [6.07, 6.45) is -2.50. The van der Waals surface area contributed by atoms with Crippen LogP contribution >= 0.6 is 7.82 Å². The third kappa shape index (κ3) is 3.70. The van der Waals surface area contributed by atoms with Gasteiger partial charge in [0.05, 0.1) is 19.3 Å². The first kappa shape index (κ1) is 17.0. The van der Waals surface area contributed by atoms with Gasteiger partial charge in [0.25, 0.3) is 5.56 Å². The van der Waals surface area contributed by atoms with Crippen LogP contribution in [0.25, 0.3) is 0 Å². The number of nitrogens with zero attached hydrogens (tertiary/aromatic N) is 1. The summed E-state index contributed by atoms with van der Waals surface area (Å²) < 4.78 is 21.3. The third-order valence-corrected chi connectivity index (χ3v) is 3.75. The summed E-state index contributed by atoms with van der Waals surface area (Å²) >= 11 is 0. The summed E-state index contributed by atoms with van der Waals surface area (Å²) in [4.78, 5) is 42.0. The summed E-state index contributed by atoms with van der Waals surface area (Å²) in [6.45, 7) is -1.13. The van der Waals surface area contributed by atoms with Crippen LogP contribution in [-0.2, 0) is 13.8 Å². The molecule has 0 spiro atoms. The molecule has 0 saturated carbocycles. The number of rotatable bonds is 5. The first-order valence-electron chi connectivity index (χ1n) is 6.19. The van der Waals surface area contributed by atoms with Gasteiger partial charge in [0, 0.05) is 18.2 Å². The Hall–Kier alpha value is -1.33. The van der Waals surface area contributed by atoms with Gasteiger partial charge >= 0.3 is 13.5 Å².